The van der Waals surface area contributed by atoms with Gasteiger partial charge in [0.05, 0.1) is 12.9 Å². The Labute approximate surface area is 136 Å². The maximum absolute atomic E-state index is 12.1. The molecule has 24 heavy (non-hydrogen) atoms. The number of aromatic amines is 1. The van der Waals surface area contributed by atoms with E-state index in [2.05, 4.69) is 15.0 Å². The van der Waals surface area contributed by atoms with Gasteiger partial charge >= 0.3 is 0 Å². The van der Waals surface area contributed by atoms with Crippen LogP contribution in [0.5, 0.6) is 0 Å². The lowest BCUT2D eigenvalue weighted by Crippen LogP contribution is -2.34. The molecule has 10 heteroatoms. The first-order valence-electron chi connectivity index (χ1n) is 7.95. The van der Waals surface area contributed by atoms with Crippen molar-refractivity contribution in [2.24, 2.45) is 0 Å². The average Bonchev–Trinajstić information content (AvgIpc) is 3.27. The van der Waals surface area contributed by atoms with Crippen LogP contribution < -0.4 is 10.5 Å². The van der Waals surface area contributed by atoms with Gasteiger partial charge in [-0.25, -0.2) is 9.97 Å². The van der Waals surface area contributed by atoms with Gasteiger partial charge in [-0.1, -0.05) is 0 Å². The molecule has 2 aliphatic heterocycles. The maximum Gasteiger partial charge on any atom is 0.278 e. The number of H-pyrrole nitrogens is 1. The maximum atomic E-state index is 12.1. The summed E-state index contributed by atoms with van der Waals surface area (Å²) in [6.45, 7) is 1.13. The molecule has 0 aromatic carbocycles. The molecule has 0 spiro atoms. The molecule has 2 aromatic heterocycles. The summed E-state index contributed by atoms with van der Waals surface area (Å²) in [5.41, 5.74) is 0.0403. The van der Waals surface area contributed by atoms with Crippen LogP contribution in [0.1, 0.15) is 19.1 Å². The molecule has 4 rings (SSSR count). The number of fused-ring (bicyclic) bond motifs is 1. The van der Waals surface area contributed by atoms with Crippen LogP contribution in [0.3, 0.4) is 0 Å². The van der Waals surface area contributed by atoms with Gasteiger partial charge in [0.2, 0.25) is 5.95 Å². The molecule has 4 heterocycles. The van der Waals surface area contributed by atoms with E-state index in [-0.39, 0.29) is 16.7 Å². The molecule has 0 aliphatic carbocycles. The minimum atomic E-state index is -1.26. The second-order valence-corrected chi connectivity index (χ2v) is 6.11. The van der Waals surface area contributed by atoms with Crippen LogP contribution >= 0.6 is 0 Å². The van der Waals surface area contributed by atoms with Crippen LogP contribution in [0.4, 0.5) is 5.95 Å². The highest BCUT2D eigenvalue weighted by molar-refractivity contribution is 5.74. The third-order valence-electron chi connectivity index (χ3n) is 4.63. The van der Waals surface area contributed by atoms with Crippen LogP contribution in [0.15, 0.2) is 11.1 Å². The molecule has 2 aromatic rings. The molecule has 0 amide bonds. The number of imidazole rings is 1. The number of aliphatic hydroxyl groups is 3. The number of ether oxygens (including phenoxy) is 1. The Hall–Kier alpha value is -2.01. The van der Waals surface area contributed by atoms with Crippen LogP contribution in [0.2, 0.25) is 0 Å². The molecule has 2 fully saturated rings. The van der Waals surface area contributed by atoms with E-state index >= 15 is 0 Å². The standard InChI is InChI=1S/C14H19N5O5/c20-5-7-9(21)10(22)13(24-7)19-11-8(12(23)16-6-15-11)17-14(19)18-3-1-2-4-18/h6-7,9-10,13,20-22H,1-5H2,(H,15,16,23)/t7-,9-,10+,13+/m1/s1. The van der Waals surface area contributed by atoms with E-state index < -0.39 is 31.1 Å². The predicted octanol–water partition coefficient (Wildman–Crippen LogP) is -1.67. The summed E-state index contributed by atoms with van der Waals surface area (Å²) < 4.78 is 7.16. The second kappa shape index (κ2) is 5.81. The fraction of sp³-hybridized carbons (Fsp3) is 0.643. The Balaban J connectivity index is 1.88. The summed E-state index contributed by atoms with van der Waals surface area (Å²) >= 11 is 0. The van der Waals surface area contributed by atoms with E-state index in [0.717, 1.165) is 25.9 Å². The van der Waals surface area contributed by atoms with Crippen LogP contribution in [0.25, 0.3) is 11.2 Å². The largest absolute Gasteiger partial charge is 0.394 e. The Morgan fingerprint density at radius 3 is 2.71 bits per heavy atom. The number of hydrogen-bond acceptors (Lipinski definition) is 8. The SMILES string of the molecule is O=c1[nH]cnc2c1nc(N1CCCC1)n2[C@H]1O[C@H](CO)[C@@H](O)[C@@H]1O. The van der Waals surface area contributed by atoms with E-state index in [1.165, 1.54) is 6.33 Å². The highest BCUT2D eigenvalue weighted by atomic mass is 16.6. The number of hydrogen-bond donors (Lipinski definition) is 4. The zero-order valence-electron chi connectivity index (χ0n) is 12.9. The molecule has 2 saturated heterocycles. The Bertz CT molecular complexity index is 798. The van der Waals surface area contributed by atoms with E-state index in [1.54, 1.807) is 4.57 Å². The summed E-state index contributed by atoms with van der Waals surface area (Å²) in [5.74, 6) is 0.474. The molecule has 0 radical (unpaired) electrons. The Kier molecular flexibility index (Phi) is 3.76. The predicted molar refractivity (Wildman–Crippen MR) is 82.6 cm³/mol. The van der Waals surface area contributed by atoms with Crippen molar-refractivity contribution in [3.63, 3.8) is 0 Å². The molecule has 4 N–H and O–H groups in total. The van der Waals surface area contributed by atoms with Crippen LogP contribution in [-0.4, -0.2) is 72.8 Å². The van der Waals surface area contributed by atoms with Crippen molar-refractivity contribution in [1.29, 1.82) is 0 Å². The minimum absolute atomic E-state index is 0.150. The monoisotopic (exact) mass is 337 g/mol. The van der Waals surface area contributed by atoms with Gasteiger partial charge in [0.15, 0.2) is 17.4 Å². The van der Waals surface area contributed by atoms with Gasteiger partial charge < -0.3 is 29.9 Å². The fourth-order valence-corrected chi connectivity index (χ4v) is 3.38. The smallest absolute Gasteiger partial charge is 0.278 e. The highest BCUT2D eigenvalue weighted by Crippen LogP contribution is 2.35. The van der Waals surface area contributed by atoms with Crippen LogP contribution in [-0.2, 0) is 4.74 Å². The van der Waals surface area contributed by atoms with Crippen LogP contribution in [0, 0.1) is 0 Å². The third kappa shape index (κ3) is 2.22. The first-order valence-corrected chi connectivity index (χ1v) is 7.95. The van der Waals surface area contributed by atoms with Crippen molar-refractivity contribution in [3.8, 4) is 0 Å². The zero-order chi connectivity index (χ0) is 16.8. The molecule has 0 unspecified atom stereocenters. The summed E-state index contributed by atoms with van der Waals surface area (Å²) in [7, 11) is 0. The lowest BCUT2D eigenvalue weighted by molar-refractivity contribution is -0.0504. The van der Waals surface area contributed by atoms with E-state index in [1.807, 2.05) is 4.90 Å². The Morgan fingerprint density at radius 1 is 1.29 bits per heavy atom. The Morgan fingerprint density at radius 2 is 2.04 bits per heavy atom. The molecular formula is C14H19N5O5. The molecular weight excluding hydrogens is 318 g/mol. The summed E-state index contributed by atoms with van der Waals surface area (Å²) in [5, 5.41) is 29.7. The van der Waals surface area contributed by atoms with Gasteiger partial charge in [0, 0.05) is 13.1 Å². The van der Waals surface area contributed by atoms with Crippen molar-refractivity contribution in [1.82, 2.24) is 19.5 Å². The number of aromatic nitrogens is 4. The van der Waals surface area contributed by atoms with Crippen molar-refractivity contribution in [2.75, 3.05) is 24.6 Å². The average molecular weight is 337 g/mol. The number of nitrogens with zero attached hydrogens (tertiary/aromatic N) is 4. The van der Waals surface area contributed by atoms with Gasteiger partial charge in [-0.3, -0.25) is 9.36 Å². The highest BCUT2D eigenvalue weighted by Gasteiger charge is 2.45. The molecule has 0 bridgehead atoms. The molecule has 2 aliphatic rings. The van der Waals surface area contributed by atoms with Gasteiger partial charge in [0.1, 0.15) is 18.3 Å². The quantitative estimate of drug-likeness (QED) is 0.522. The summed E-state index contributed by atoms with van der Waals surface area (Å²) in [4.78, 5) is 25.1. The number of nitrogens with one attached hydrogen (secondary N) is 1. The molecule has 10 nitrogen and oxygen atoms in total. The van der Waals surface area contributed by atoms with Crippen molar-refractivity contribution < 1.29 is 20.1 Å². The molecule has 0 saturated carbocycles. The van der Waals surface area contributed by atoms with Crippen molar-refractivity contribution in [2.45, 2.75) is 37.4 Å². The van der Waals surface area contributed by atoms with Gasteiger partial charge in [-0.2, -0.15) is 0 Å². The fourth-order valence-electron chi connectivity index (χ4n) is 3.38. The number of aliphatic hydroxyl groups excluding tert-OH is 3. The van der Waals surface area contributed by atoms with Crippen molar-refractivity contribution in [3.05, 3.63) is 16.7 Å². The van der Waals surface area contributed by atoms with Gasteiger partial charge in [-0.15, -0.1) is 0 Å². The van der Waals surface area contributed by atoms with Crippen molar-refractivity contribution >= 4 is 17.1 Å². The van der Waals surface area contributed by atoms with E-state index in [4.69, 9.17) is 4.74 Å². The summed E-state index contributed by atoms with van der Waals surface area (Å²) in [6.07, 6.45) is -1.11. The minimum Gasteiger partial charge on any atom is -0.394 e. The second-order valence-electron chi connectivity index (χ2n) is 6.11. The van der Waals surface area contributed by atoms with E-state index in [9.17, 15) is 20.1 Å². The number of rotatable bonds is 3. The summed E-state index contributed by atoms with van der Waals surface area (Å²) in [6, 6.07) is 0. The first-order chi connectivity index (χ1) is 11.6. The topological polar surface area (TPSA) is 137 Å². The third-order valence-corrected chi connectivity index (χ3v) is 4.63. The number of anilines is 1. The van der Waals surface area contributed by atoms with Gasteiger partial charge in [-0.05, 0) is 12.8 Å². The zero-order valence-corrected chi connectivity index (χ0v) is 12.9. The molecule has 4 atom stereocenters. The van der Waals surface area contributed by atoms with Gasteiger partial charge in [0.25, 0.3) is 5.56 Å². The molecule has 130 valence electrons. The van der Waals surface area contributed by atoms with E-state index in [0.29, 0.717) is 5.95 Å². The normalized spacial score (nSPS) is 30.5. The first kappa shape index (κ1) is 15.5. The lowest BCUT2D eigenvalue weighted by Gasteiger charge is -2.23. The lowest BCUT2D eigenvalue weighted by atomic mass is 10.1.